The Hall–Kier alpha value is -0.0800. The number of piperidine rings is 1. The zero-order chi connectivity index (χ0) is 8.65. The molecule has 1 rings (SSSR count). The first-order chi connectivity index (χ1) is 4.94. The fourth-order valence-electron chi connectivity index (χ4n) is 1.83. The average molecular weight is 158 g/mol. The van der Waals surface area contributed by atoms with E-state index in [0.29, 0.717) is 5.92 Å². The summed E-state index contributed by atoms with van der Waals surface area (Å²) in [5.41, 5.74) is 0.0481. The zero-order valence-electron chi connectivity index (χ0n) is 8.02. The summed E-state index contributed by atoms with van der Waals surface area (Å²) in [4.78, 5) is 1.45. The van der Waals surface area contributed by atoms with E-state index in [-0.39, 0.29) is 11.6 Å². The van der Waals surface area contributed by atoms with E-state index < -0.39 is 0 Å². The van der Waals surface area contributed by atoms with Crippen LogP contribution in [0.2, 0.25) is 0 Å². The third-order valence-corrected chi connectivity index (χ3v) is 3.21. The van der Waals surface area contributed by atoms with Crippen molar-refractivity contribution in [1.29, 1.82) is 0 Å². The number of aliphatic hydroxyl groups excluding tert-OH is 1. The van der Waals surface area contributed by atoms with Crippen molar-refractivity contribution in [2.75, 3.05) is 13.6 Å². The molecule has 1 saturated heterocycles. The van der Waals surface area contributed by atoms with Crippen LogP contribution in [-0.4, -0.2) is 30.3 Å². The maximum Gasteiger partial charge on any atom is 0.118 e. The van der Waals surface area contributed by atoms with Gasteiger partial charge in [-0.3, -0.25) is 0 Å². The Labute approximate surface area is 69.2 Å². The minimum atomic E-state index is -0.133. The Bertz CT molecular complexity index is 130. The van der Waals surface area contributed by atoms with Crippen LogP contribution >= 0.6 is 0 Å². The van der Waals surface area contributed by atoms with Crippen molar-refractivity contribution >= 4 is 0 Å². The van der Waals surface area contributed by atoms with Crippen molar-refractivity contribution in [2.24, 2.45) is 5.92 Å². The predicted octanol–water partition coefficient (Wildman–Crippen LogP) is -0.320. The topological polar surface area (TPSA) is 24.7 Å². The molecule has 0 aromatic heterocycles. The second-order valence-electron chi connectivity index (χ2n) is 4.56. The van der Waals surface area contributed by atoms with Crippen LogP contribution in [0.5, 0.6) is 0 Å². The van der Waals surface area contributed by atoms with E-state index in [0.717, 1.165) is 6.42 Å². The molecule has 1 aliphatic rings. The van der Waals surface area contributed by atoms with Crippen LogP contribution in [0.25, 0.3) is 0 Å². The summed E-state index contributed by atoms with van der Waals surface area (Å²) in [6.07, 6.45) is 0.830. The van der Waals surface area contributed by atoms with Crippen molar-refractivity contribution < 1.29 is 10.0 Å². The molecule has 0 aliphatic carbocycles. The lowest BCUT2D eigenvalue weighted by Crippen LogP contribution is -3.20. The molecule has 2 heteroatoms. The molecule has 2 N–H and O–H groups in total. The quantitative estimate of drug-likeness (QED) is 0.496. The molecule has 1 unspecified atom stereocenters. The third kappa shape index (κ3) is 1.57. The van der Waals surface area contributed by atoms with Crippen LogP contribution < -0.4 is 4.90 Å². The lowest BCUT2D eigenvalue weighted by molar-refractivity contribution is -0.943. The zero-order valence-corrected chi connectivity index (χ0v) is 8.02. The molecule has 66 valence electrons. The highest BCUT2D eigenvalue weighted by Crippen LogP contribution is 2.17. The molecule has 0 spiro atoms. The van der Waals surface area contributed by atoms with Gasteiger partial charge in [-0.2, -0.15) is 0 Å². The molecule has 0 radical (unpaired) electrons. The number of quaternary nitrogens is 1. The third-order valence-electron chi connectivity index (χ3n) is 3.21. The smallest absolute Gasteiger partial charge is 0.118 e. The lowest BCUT2D eigenvalue weighted by Gasteiger charge is -2.42. The Morgan fingerprint density at radius 3 is 2.45 bits per heavy atom. The molecule has 1 fully saturated rings. The number of nitrogens with one attached hydrogen (secondary N) is 1. The van der Waals surface area contributed by atoms with Gasteiger partial charge in [0.15, 0.2) is 0 Å². The minimum absolute atomic E-state index is 0.0481. The van der Waals surface area contributed by atoms with E-state index in [1.807, 2.05) is 0 Å². The molecule has 1 aliphatic heterocycles. The summed E-state index contributed by atoms with van der Waals surface area (Å²) in [6.45, 7) is 7.67. The van der Waals surface area contributed by atoms with Gasteiger partial charge in [0.05, 0.1) is 13.6 Å². The van der Waals surface area contributed by atoms with Gasteiger partial charge in [-0.05, 0) is 20.3 Å². The Balaban J connectivity index is 2.67. The Morgan fingerprint density at radius 2 is 2.00 bits per heavy atom. The second kappa shape index (κ2) is 2.76. The predicted molar refractivity (Wildman–Crippen MR) is 45.6 cm³/mol. The molecule has 0 saturated carbocycles. The second-order valence-corrected chi connectivity index (χ2v) is 4.56. The average Bonchev–Trinajstić information content (AvgIpc) is 1.84. The fraction of sp³-hybridized carbons (Fsp3) is 1.00. The summed E-state index contributed by atoms with van der Waals surface area (Å²) in [7, 11) is 2.17. The van der Waals surface area contributed by atoms with Crippen molar-refractivity contribution in [3.8, 4) is 0 Å². The van der Waals surface area contributed by atoms with Gasteiger partial charge in [-0.1, -0.05) is 6.92 Å². The molecule has 0 amide bonds. The number of hydrogen-bond donors (Lipinski definition) is 2. The SMILES string of the molecule is C[C@@H]1C[C@@H](O)C(C)(C)[NH+](C)C1. The van der Waals surface area contributed by atoms with E-state index in [2.05, 4.69) is 27.8 Å². The van der Waals surface area contributed by atoms with Gasteiger partial charge >= 0.3 is 0 Å². The van der Waals surface area contributed by atoms with Gasteiger partial charge in [0.2, 0.25) is 0 Å². The van der Waals surface area contributed by atoms with Crippen LogP contribution in [0.4, 0.5) is 0 Å². The standard InChI is InChI=1S/C9H19NO/c1-7-5-8(11)9(2,3)10(4)6-7/h7-8,11H,5-6H2,1-4H3/p+1/t7-,8-/m1/s1. The molecule has 0 bridgehead atoms. The highest BCUT2D eigenvalue weighted by Gasteiger charge is 2.41. The first-order valence-corrected chi connectivity index (χ1v) is 4.45. The molecule has 0 aromatic carbocycles. The molecular formula is C9H20NO+. The molecular weight excluding hydrogens is 138 g/mol. The molecule has 11 heavy (non-hydrogen) atoms. The monoisotopic (exact) mass is 158 g/mol. The van der Waals surface area contributed by atoms with Crippen LogP contribution in [0.15, 0.2) is 0 Å². The summed E-state index contributed by atoms with van der Waals surface area (Å²) in [6, 6.07) is 0. The molecule has 0 aromatic rings. The summed E-state index contributed by atoms with van der Waals surface area (Å²) in [5.74, 6) is 0.665. The maximum atomic E-state index is 9.76. The fourth-order valence-corrected chi connectivity index (χ4v) is 1.83. The Morgan fingerprint density at radius 1 is 1.45 bits per heavy atom. The van der Waals surface area contributed by atoms with Gasteiger partial charge in [-0.25, -0.2) is 0 Å². The number of rotatable bonds is 0. The van der Waals surface area contributed by atoms with Gasteiger partial charge < -0.3 is 10.0 Å². The molecule has 3 atom stereocenters. The first kappa shape index (κ1) is 9.01. The highest BCUT2D eigenvalue weighted by molar-refractivity contribution is 4.81. The Kier molecular flexibility index (Phi) is 2.26. The number of likely N-dealkylation sites (N-methyl/N-ethyl adjacent to an activating group) is 1. The van der Waals surface area contributed by atoms with E-state index >= 15 is 0 Å². The van der Waals surface area contributed by atoms with Crippen LogP contribution in [0.1, 0.15) is 27.2 Å². The van der Waals surface area contributed by atoms with Crippen molar-refractivity contribution in [2.45, 2.75) is 38.8 Å². The highest BCUT2D eigenvalue weighted by atomic mass is 16.3. The van der Waals surface area contributed by atoms with Crippen molar-refractivity contribution in [3.63, 3.8) is 0 Å². The number of aliphatic hydroxyl groups is 1. The van der Waals surface area contributed by atoms with Gasteiger partial charge in [0.25, 0.3) is 0 Å². The van der Waals surface area contributed by atoms with Crippen LogP contribution in [0.3, 0.4) is 0 Å². The first-order valence-electron chi connectivity index (χ1n) is 4.45. The largest absolute Gasteiger partial charge is 0.387 e. The van der Waals surface area contributed by atoms with E-state index in [1.54, 1.807) is 0 Å². The van der Waals surface area contributed by atoms with Gasteiger partial charge in [-0.15, -0.1) is 0 Å². The number of likely N-dealkylation sites (tertiary alicyclic amines) is 1. The molecule has 2 nitrogen and oxygen atoms in total. The van der Waals surface area contributed by atoms with Gasteiger partial charge in [0, 0.05) is 5.92 Å². The van der Waals surface area contributed by atoms with E-state index in [1.165, 1.54) is 11.4 Å². The van der Waals surface area contributed by atoms with E-state index in [4.69, 9.17) is 0 Å². The number of hydrogen-bond acceptors (Lipinski definition) is 1. The normalized spacial score (nSPS) is 43.9. The summed E-state index contributed by atoms with van der Waals surface area (Å²) < 4.78 is 0. The summed E-state index contributed by atoms with van der Waals surface area (Å²) in [5, 5.41) is 9.76. The minimum Gasteiger partial charge on any atom is -0.387 e. The maximum absolute atomic E-state index is 9.76. The van der Waals surface area contributed by atoms with Crippen LogP contribution in [0, 0.1) is 5.92 Å². The van der Waals surface area contributed by atoms with Crippen LogP contribution in [-0.2, 0) is 0 Å². The van der Waals surface area contributed by atoms with Crippen molar-refractivity contribution in [1.82, 2.24) is 0 Å². The van der Waals surface area contributed by atoms with Gasteiger partial charge in [0.1, 0.15) is 11.6 Å². The van der Waals surface area contributed by atoms with Crippen molar-refractivity contribution in [3.05, 3.63) is 0 Å². The molecule has 1 heterocycles. The lowest BCUT2D eigenvalue weighted by atomic mass is 9.83. The summed E-state index contributed by atoms with van der Waals surface area (Å²) >= 11 is 0. The van der Waals surface area contributed by atoms with E-state index in [9.17, 15) is 5.11 Å².